The number of aryl methyl sites for hydroxylation is 1. The third-order valence-corrected chi connectivity index (χ3v) is 9.82. The summed E-state index contributed by atoms with van der Waals surface area (Å²) in [6.45, 7) is 4.55. The van der Waals surface area contributed by atoms with Gasteiger partial charge in [-0.3, -0.25) is 4.98 Å². The molecule has 1 atom stereocenters. The van der Waals surface area contributed by atoms with E-state index in [1.54, 1.807) is 6.20 Å². The molecule has 0 radical (unpaired) electrons. The zero-order valence-electron chi connectivity index (χ0n) is 19.7. The van der Waals surface area contributed by atoms with Crippen LogP contribution in [0.5, 0.6) is 0 Å². The molecular weight excluding hydrogens is 492 g/mol. The Morgan fingerprint density at radius 3 is 2.56 bits per heavy atom. The number of para-hydroxylation sites is 1. The van der Waals surface area contributed by atoms with E-state index in [-0.39, 0.29) is 0 Å². The minimum absolute atomic E-state index is 0.482. The highest BCUT2D eigenvalue weighted by atomic mass is 32.2. The molecule has 1 aliphatic rings. The molecule has 2 aromatic carbocycles. The Balaban J connectivity index is 1.36. The number of anilines is 1. The van der Waals surface area contributed by atoms with E-state index in [0.717, 1.165) is 32.2 Å². The number of hydrogen-bond acceptors (Lipinski definition) is 8. The van der Waals surface area contributed by atoms with Crippen molar-refractivity contribution in [2.45, 2.75) is 21.6 Å². The molecule has 1 unspecified atom stereocenters. The maximum Gasteiger partial charge on any atom is 0.153 e. The van der Waals surface area contributed by atoms with Gasteiger partial charge in [-0.1, -0.05) is 36.0 Å². The zero-order chi connectivity index (χ0) is 24.7. The van der Waals surface area contributed by atoms with Crippen molar-refractivity contribution < 1.29 is 8.84 Å². The number of hydrogen-bond donors (Lipinski definition) is 0. The molecule has 36 heavy (non-hydrogen) atoms. The molecule has 1 fully saturated rings. The number of rotatable bonds is 5. The molecule has 3 aromatic heterocycles. The summed E-state index contributed by atoms with van der Waals surface area (Å²) in [6.07, 6.45) is 1.78. The first kappa shape index (κ1) is 23.0. The quantitative estimate of drug-likeness (QED) is 0.317. The predicted octanol–water partition coefficient (Wildman–Crippen LogP) is 4.44. The average molecular weight is 517 g/mol. The lowest BCUT2D eigenvalue weighted by molar-refractivity contribution is 0.315. The molecule has 0 N–H and O–H groups in total. The summed E-state index contributed by atoms with van der Waals surface area (Å²) in [4.78, 5) is 13.8. The molecule has 182 valence electrons. The smallest absolute Gasteiger partial charge is 0.153 e. The molecule has 1 saturated heterocycles. The molecule has 0 bridgehead atoms. The van der Waals surface area contributed by atoms with Gasteiger partial charge in [0.2, 0.25) is 0 Å². The van der Waals surface area contributed by atoms with E-state index in [2.05, 4.69) is 31.1 Å². The first-order valence-corrected chi connectivity index (χ1v) is 14.1. The second-order valence-corrected chi connectivity index (χ2v) is 11.9. The zero-order valence-corrected chi connectivity index (χ0v) is 21.3. The van der Waals surface area contributed by atoms with Gasteiger partial charge in [0.25, 0.3) is 0 Å². The van der Waals surface area contributed by atoms with Crippen LogP contribution < -0.4 is 4.90 Å². The second-order valence-electron chi connectivity index (χ2n) is 8.65. The SMILES string of the molecule is C=S(=O)(c1c(Sc2cccc3cccnc23)ccc2nonc12)N1CCN(c2cccc(C)n2)CC1. The lowest BCUT2D eigenvalue weighted by Gasteiger charge is -2.37. The van der Waals surface area contributed by atoms with Gasteiger partial charge in [-0.15, -0.1) is 0 Å². The molecule has 10 heteroatoms. The van der Waals surface area contributed by atoms with Gasteiger partial charge in [-0.2, -0.15) is 0 Å². The summed E-state index contributed by atoms with van der Waals surface area (Å²) >= 11 is 1.51. The molecule has 5 aromatic rings. The molecular formula is C26H24N6O2S2. The second kappa shape index (κ2) is 9.20. The van der Waals surface area contributed by atoms with Gasteiger partial charge in [-0.25, -0.2) is 18.1 Å². The minimum atomic E-state index is -2.89. The molecule has 4 heterocycles. The van der Waals surface area contributed by atoms with Crippen molar-refractivity contribution >= 4 is 55.1 Å². The highest BCUT2D eigenvalue weighted by Crippen LogP contribution is 2.40. The third-order valence-electron chi connectivity index (χ3n) is 6.33. The molecule has 6 rings (SSSR count). The fraction of sp³-hybridized carbons (Fsp3) is 0.192. The lowest BCUT2D eigenvalue weighted by Crippen LogP contribution is -2.49. The van der Waals surface area contributed by atoms with Gasteiger partial charge >= 0.3 is 0 Å². The van der Waals surface area contributed by atoms with Crippen LogP contribution in [0, 0.1) is 6.92 Å². The Kier molecular flexibility index (Phi) is 5.87. The topological polar surface area (TPSA) is 88.2 Å². The van der Waals surface area contributed by atoms with E-state index < -0.39 is 9.71 Å². The minimum Gasteiger partial charge on any atom is -0.354 e. The fourth-order valence-corrected chi connectivity index (χ4v) is 7.85. The van der Waals surface area contributed by atoms with E-state index in [9.17, 15) is 4.21 Å². The number of nitrogens with zero attached hydrogens (tertiary/aromatic N) is 6. The summed E-state index contributed by atoms with van der Waals surface area (Å²) in [6, 6.07) is 19.8. The summed E-state index contributed by atoms with van der Waals surface area (Å²) in [5, 5.41) is 9.18. The van der Waals surface area contributed by atoms with Gasteiger partial charge in [0.1, 0.15) is 11.3 Å². The summed E-state index contributed by atoms with van der Waals surface area (Å²) in [5.74, 6) is 5.19. The van der Waals surface area contributed by atoms with Crippen LogP contribution in [0.4, 0.5) is 5.82 Å². The summed E-state index contributed by atoms with van der Waals surface area (Å²) < 4.78 is 21.5. The van der Waals surface area contributed by atoms with Crippen LogP contribution in [-0.4, -0.2) is 60.8 Å². The van der Waals surface area contributed by atoms with Crippen LogP contribution in [0.15, 0.2) is 86.2 Å². The fourth-order valence-electron chi connectivity index (χ4n) is 4.52. The van der Waals surface area contributed by atoms with Crippen LogP contribution in [0.3, 0.4) is 0 Å². The van der Waals surface area contributed by atoms with Gasteiger partial charge in [-0.05, 0) is 59.5 Å². The van der Waals surface area contributed by atoms with Gasteiger partial charge in [0.05, 0.1) is 20.1 Å². The van der Waals surface area contributed by atoms with E-state index in [4.69, 9.17) is 4.63 Å². The maximum atomic E-state index is 14.5. The first-order valence-electron chi connectivity index (χ1n) is 11.6. The highest BCUT2D eigenvalue weighted by Gasteiger charge is 2.30. The predicted molar refractivity (Wildman–Crippen MR) is 144 cm³/mol. The van der Waals surface area contributed by atoms with E-state index >= 15 is 0 Å². The van der Waals surface area contributed by atoms with Crippen molar-refractivity contribution in [3.05, 3.63) is 72.6 Å². The number of benzene rings is 2. The van der Waals surface area contributed by atoms with Crippen LogP contribution >= 0.6 is 11.8 Å². The highest BCUT2D eigenvalue weighted by molar-refractivity contribution is 8.02. The summed E-state index contributed by atoms with van der Waals surface area (Å²) in [7, 11) is -2.89. The normalized spacial score (nSPS) is 16.4. The average Bonchev–Trinajstić information content (AvgIpc) is 3.37. The largest absolute Gasteiger partial charge is 0.354 e. The van der Waals surface area contributed by atoms with E-state index in [0.29, 0.717) is 42.1 Å². The van der Waals surface area contributed by atoms with Crippen molar-refractivity contribution in [2.24, 2.45) is 0 Å². The maximum absolute atomic E-state index is 14.5. The molecule has 8 nitrogen and oxygen atoms in total. The molecule has 0 spiro atoms. The van der Waals surface area contributed by atoms with Crippen molar-refractivity contribution in [3.63, 3.8) is 0 Å². The van der Waals surface area contributed by atoms with Crippen molar-refractivity contribution in [2.75, 3.05) is 31.1 Å². The lowest BCUT2D eigenvalue weighted by atomic mass is 10.2. The molecule has 0 amide bonds. The Labute approximate surface area is 213 Å². The van der Waals surface area contributed by atoms with Gasteiger partial charge < -0.3 is 4.90 Å². The Bertz CT molecular complexity index is 1670. The number of piperazine rings is 1. The van der Waals surface area contributed by atoms with Crippen molar-refractivity contribution in [1.29, 1.82) is 0 Å². The number of aromatic nitrogens is 4. The molecule has 0 aliphatic carbocycles. The third kappa shape index (κ3) is 4.11. The van der Waals surface area contributed by atoms with Gasteiger partial charge in [0.15, 0.2) is 5.52 Å². The van der Waals surface area contributed by atoms with Crippen molar-refractivity contribution in [3.8, 4) is 0 Å². The van der Waals surface area contributed by atoms with Gasteiger partial charge in [0, 0.05) is 53.2 Å². The Morgan fingerprint density at radius 1 is 0.917 bits per heavy atom. The van der Waals surface area contributed by atoms with Crippen LogP contribution in [0.1, 0.15) is 5.69 Å². The van der Waals surface area contributed by atoms with Crippen molar-refractivity contribution in [1.82, 2.24) is 24.6 Å². The number of fused-ring (bicyclic) bond motifs is 2. The first-order chi connectivity index (χ1) is 17.5. The van der Waals surface area contributed by atoms with Crippen LogP contribution in [0.25, 0.3) is 21.9 Å². The van der Waals surface area contributed by atoms with E-state index in [1.165, 1.54) is 11.8 Å². The monoisotopic (exact) mass is 516 g/mol. The van der Waals surface area contributed by atoms with E-state index in [1.807, 2.05) is 71.9 Å². The standard InChI is InChI=1S/C26H24N6O2S2/c1-18-6-3-10-23(28-18)31-14-16-32(17-15-31)36(2,33)26-22(12-11-20-25(26)30-34-29-20)35-21-9-4-7-19-8-5-13-27-24(19)21/h3-13H,2,14-17H2,1H3. The summed E-state index contributed by atoms with van der Waals surface area (Å²) in [5.41, 5.74) is 2.91. The molecule has 0 saturated carbocycles. The van der Waals surface area contributed by atoms with Crippen LogP contribution in [-0.2, 0) is 9.71 Å². The Morgan fingerprint density at radius 2 is 1.72 bits per heavy atom. The van der Waals surface area contributed by atoms with Crippen LogP contribution in [0.2, 0.25) is 0 Å². The molecule has 1 aliphatic heterocycles. The number of pyridine rings is 2. The Hall–Kier alpha value is -3.47.